The van der Waals surface area contributed by atoms with E-state index in [4.69, 9.17) is 0 Å². The molecule has 0 amide bonds. The number of benzene rings is 2. The molecular formula is C30H35Cl2PTi. The third-order valence-electron chi connectivity index (χ3n) is 7.38. The molecule has 2 saturated carbocycles. The molecule has 0 spiro atoms. The Balaban J connectivity index is 0.000000290. The predicted molar refractivity (Wildman–Crippen MR) is 139 cm³/mol. The Kier molecular flexibility index (Phi) is 12.9. The van der Waals surface area contributed by atoms with Crippen LogP contribution in [0.4, 0.5) is 0 Å². The summed E-state index contributed by atoms with van der Waals surface area (Å²) in [5.41, 5.74) is 2.03. The van der Waals surface area contributed by atoms with E-state index in [0.717, 1.165) is 11.3 Å². The molecular weight excluding hydrogens is 510 g/mol. The molecule has 0 atom stereocenters. The zero-order valence-corrected chi connectivity index (χ0v) is 23.9. The molecule has 4 aromatic carbocycles. The molecule has 0 heterocycles. The minimum atomic E-state index is 0. The van der Waals surface area contributed by atoms with Crippen molar-refractivity contribution in [2.45, 2.75) is 75.5 Å². The number of hydrogen-bond donors (Lipinski definition) is 0. The van der Waals surface area contributed by atoms with Crippen molar-refractivity contribution < 1.29 is 46.5 Å². The van der Waals surface area contributed by atoms with Crippen molar-refractivity contribution in [3.63, 3.8) is 0 Å². The summed E-state index contributed by atoms with van der Waals surface area (Å²) < 4.78 is 0. The first-order valence-electron chi connectivity index (χ1n) is 12.4. The molecule has 0 saturated heterocycles. The molecule has 2 aliphatic rings. The van der Waals surface area contributed by atoms with Crippen molar-refractivity contribution in [2.75, 3.05) is 0 Å². The van der Waals surface area contributed by atoms with Gasteiger partial charge in [-0.05, 0) is 37.0 Å². The minimum absolute atomic E-state index is 0. The van der Waals surface area contributed by atoms with Crippen LogP contribution in [0.15, 0.2) is 78.9 Å². The van der Waals surface area contributed by atoms with Crippen LogP contribution in [0.25, 0.3) is 21.5 Å². The van der Waals surface area contributed by atoms with Gasteiger partial charge >= 0.3 is 21.7 Å². The molecule has 0 unspecified atom stereocenters. The summed E-state index contributed by atoms with van der Waals surface area (Å²) >= 11 is 0. The average Bonchev–Trinajstić information content (AvgIpc) is 3.48. The van der Waals surface area contributed by atoms with Gasteiger partial charge in [-0.15, -0.1) is 70.0 Å². The van der Waals surface area contributed by atoms with Gasteiger partial charge in [0, 0.05) is 0 Å². The smallest absolute Gasteiger partial charge is 1.00 e. The third-order valence-corrected chi connectivity index (χ3v) is 10.8. The molecule has 0 bridgehead atoms. The first-order valence-corrected chi connectivity index (χ1v) is 13.9. The maximum atomic E-state index is 2.55. The maximum absolute atomic E-state index is 2.55. The van der Waals surface area contributed by atoms with E-state index in [2.05, 4.69) is 78.9 Å². The van der Waals surface area contributed by atoms with Crippen molar-refractivity contribution in [1.29, 1.82) is 0 Å². The summed E-state index contributed by atoms with van der Waals surface area (Å²) in [7, 11) is 0.0611. The van der Waals surface area contributed by atoms with E-state index in [0.29, 0.717) is 0 Å². The van der Waals surface area contributed by atoms with Crippen LogP contribution in [-0.2, 0) is 21.7 Å². The summed E-state index contributed by atoms with van der Waals surface area (Å²) in [6, 6.07) is 28.7. The largest absolute Gasteiger partial charge is 4.00 e. The Labute approximate surface area is 234 Å². The molecule has 0 aliphatic heterocycles. The van der Waals surface area contributed by atoms with Crippen molar-refractivity contribution in [2.24, 2.45) is 0 Å². The Bertz CT molecular complexity index is 1010. The number of halogens is 2. The SMILES string of the molecule is [Cl-].[Cl-].[Ti+4].c1ccc2[cH-]c(P(C3CCCCC3)C3CCCCC3)cc2c1.c1ccc2[cH-]ccc2c1. The van der Waals surface area contributed by atoms with Crippen molar-refractivity contribution in [3.8, 4) is 0 Å². The molecule has 4 heteroatoms. The molecule has 0 N–H and O–H groups in total. The predicted octanol–water partition coefficient (Wildman–Crippen LogP) is 2.90. The Morgan fingerprint density at radius 1 is 0.618 bits per heavy atom. The fourth-order valence-corrected chi connectivity index (χ4v) is 9.65. The Morgan fingerprint density at radius 3 is 1.71 bits per heavy atom. The van der Waals surface area contributed by atoms with Gasteiger partial charge in [0.25, 0.3) is 0 Å². The third kappa shape index (κ3) is 7.21. The molecule has 178 valence electrons. The zero-order valence-electron chi connectivity index (χ0n) is 19.9. The van der Waals surface area contributed by atoms with Gasteiger partial charge in [-0.25, -0.2) is 0 Å². The zero-order chi connectivity index (χ0) is 20.9. The fourth-order valence-electron chi connectivity index (χ4n) is 5.79. The average molecular weight is 545 g/mol. The van der Waals surface area contributed by atoms with Crippen molar-refractivity contribution in [1.82, 2.24) is 0 Å². The first kappa shape index (κ1) is 29.6. The maximum Gasteiger partial charge on any atom is 4.00 e. The van der Waals surface area contributed by atoms with Crippen LogP contribution >= 0.6 is 7.92 Å². The molecule has 2 fully saturated rings. The second-order valence-corrected chi connectivity index (χ2v) is 12.3. The minimum Gasteiger partial charge on any atom is -1.00 e. The quantitative estimate of drug-likeness (QED) is 0.211. The van der Waals surface area contributed by atoms with Crippen LogP contribution in [0.1, 0.15) is 64.2 Å². The van der Waals surface area contributed by atoms with Crippen LogP contribution in [0, 0.1) is 0 Å². The number of rotatable bonds is 3. The standard InChI is InChI=1S/C21H28P.C9H7.2ClH.Ti/c1-3-11-19(12-4-1)22(20-13-5-2-6-14-20)21-15-17-9-7-8-10-18(17)16-21;1-2-5-9-7-3-6-8(9)4-1;;;/h7-10,15-16,19-20H,1-6,11-14H2;1-7H;2*1H;/q2*-1;;;+4/p-2. The van der Waals surface area contributed by atoms with Crippen molar-refractivity contribution >= 4 is 34.8 Å². The van der Waals surface area contributed by atoms with Crippen LogP contribution in [0.5, 0.6) is 0 Å². The first-order chi connectivity index (χ1) is 15.4. The second kappa shape index (κ2) is 14.8. The molecule has 6 rings (SSSR count). The van der Waals surface area contributed by atoms with E-state index < -0.39 is 0 Å². The summed E-state index contributed by atoms with van der Waals surface area (Å²) in [6.45, 7) is 0. The number of fused-ring (bicyclic) bond motifs is 2. The van der Waals surface area contributed by atoms with E-state index in [1.54, 1.807) is 5.30 Å². The normalized spacial score (nSPS) is 16.7. The van der Waals surface area contributed by atoms with Gasteiger partial charge < -0.3 is 24.8 Å². The second-order valence-electron chi connectivity index (χ2n) is 9.49. The summed E-state index contributed by atoms with van der Waals surface area (Å²) in [4.78, 5) is 0. The molecule has 4 aromatic rings. The van der Waals surface area contributed by atoms with Gasteiger partial charge in [0.2, 0.25) is 0 Å². The van der Waals surface area contributed by atoms with E-state index in [1.807, 2.05) is 0 Å². The van der Waals surface area contributed by atoms with Gasteiger partial charge in [-0.3, -0.25) is 0 Å². The van der Waals surface area contributed by atoms with Gasteiger partial charge in [-0.1, -0.05) is 58.6 Å². The van der Waals surface area contributed by atoms with Gasteiger partial charge in [0.05, 0.1) is 0 Å². The molecule has 2 aliphatic carbocycles. The van der Waals surface area contributed by atoms with E-state index in [-0.39, 0.29) is 54.5 Å². The van der Waals surface area contributed by atoms with Crippen LogP contribution in [0.2, 0.25) is 0 Å². The topological polar surface area (TPSA) is 0 Å². The number of hydrogen-bond acceptors (Lipinski definition) is 0. The Hall–Kier alpha value is -0.616. The van der Waals surface area contributed by atoms with Crippen molar-refractivity contribution in [3.05, 3.63) is 78.9 Å². The van der Waals surface area contributed by atoms with Gasteiger partial charge in [0.15, 0.2) is 0 Å². The Morgan fingerprint density at radius 2 is 1.15 bits per heavy atom. The fraction of sp³-hybridized carbons (Fsp3) is 0.400. The molecule has 0 radical (unpaired) electrons. The van der Waals surface area contributed by atoms with Gasteiger partial charge in [-0.2, -0.15) is 23.6 Å². The van der Waals surface area contributed by atoms with E-state index in [9.17, 15) is 0 Å². The monoisotopic (exact) mass is 544 g/mol. The summed E-state index contributed by atoms with van der Waals surface area (Å²) in [5, 5.41) is 7.33. The molecule has 0 nitrogen and oxygen atoms in total. The van der Waals surface area contributed by atoms with Crippen LogP contribution < -0.4 is 30.1 Å². The summed E-state index contributed by atoms with van der Waals surface area (Å²) in [5.74, 6) is 0. The summed E-state index contributed by atoms with van der Waals surface area (Å²) in [6.07, 6.45) is 14.9. The molecule has 0 aromatic heterocycles. The van der Waals surface area contributed by atoms with Gasteiger partial charge in [0.1, 0.15) is 0 Å². The van der Waals surface area contributed by atoms with Crippen LogP contribution in [0.3, 0.4) is 0 Å². The molecule has 34 heavy (non-hydrogen) atoms. The van der Waals surface area contributed by atoms with E-state index in [1.165, 1.54) is 85.8 Å². The van der Waals surface area contributed by atoms with Crippen LogP contribution in [-0.4, -0.2) is 11.3 Å². The van der Waals surface area contributed by atoms with E-state index >= 15 is 0 Å².